The molecule has 63 heavy (non-hydrogen) atoms. The van der Waals surface area contributed by atoms with Crippen LogP contribution in [0.2, 0.25) is 0 Å². The molecule has 0 bridgehead atoms. The van der Waals surface area contributed by atoms with Crippen LogP contribution in [-0.4, -0.2) is 19.5 Å². The molecule has 4 heterocycles. The van der Waals surface area contributed by atoms with Gasteiger partial charge < -0.3 is 13.4 Å². The Morgan fingerprint density at radius 2 is 1.00 bits per heavy atom. The van der Waals surface area contributed by atoms with E-state index in [1.165, 1.54) is 0 Å². The highest BCUT2D eigenvalue weighted by molar-refractivity contribution is 6.13. The highest BCUT2D eigenvalue weighted by Gasteiger charge is 2.20. The van der Waals surface area contributed by atoms with Gasteiger partial charge in [0.25, 0.3) is 0 Å². The third-order valence-electron chi connectivity index (χ3n) is 12.1. The Hall–Kier alpha value is -8.61. The maximum atomic E-state index is 6.49. The van der Waals surface area contributed by atoms with Gasteiger partial charge in [-0.05, 0) is 71.3 Å². The Labute approximate surface area is 362 Å². The summed E-state index contributed by atoms with van der Waals surface area (Å²) in [4.78, 5) is 15.1. The number of aromatic nitrogens is 4. The fourth-order valence-corrected chi connectivity index (χ4v) is 9.09. The van der Waals surface area contributed by atoms with Crippen molar-refractivity contribution in [3.63, 3.8) is 0 Å². The molecule has 0 N–H and O–H groups in total. The molecular weight excluding hydrogens is 773 g/mol. The van der Waals surface area contributed by atoms with Gasteiger partial charge in [0.05, 0.1) is 11.2 Å². The summed E-state index contributed by atoms with van der Waals surface area (Å²) in [5, 5.41) is 5.24. The van der Waals surface area contributed by atoms with Gasteiger partial charge in [-0.25, -0.2) is 15.0 Å². The van der Waals surface area contributed by atoms with Gasteiger partial charge in [-0.1, -0.05) is 153 Å². The normalized spacial score (nSPS) is 11.6. The van der Waals surface area contributed by atoms with Crippen molar-refractivity contribution in [2.45, 2.75) is 0 Å². The maximum Gasteiger partial charge on any atom is 0.164 e. The number of hydrogen-bond donors (Lipinski definition) is 0. The summed E-state index contributed by atoms with van der Waals surface area (Å²) in [5.74, 6) is 1.80. The van der Waals surface area contributed by atoms with Crippen LogP contribution in [0.4, 0.5) is 0 Å². The van der Waals surface area contributed by atoms with Crippen molar-refractivity contribution in [3.8, 4) is 62.1 Å². The van der Waals surface area contributed by atoms with E-state index >= 15 is 0 Å². The zero-order valence-electron chi connectivity index (χ0n) is 34.0. The van der Waals surface area contributed by atoms with Gasteiger partial charge in [-0.15, -0.1) is 0 Å². The fourth-order valence-electron chi connectivity index (χ4n) is 9.09. The maximum absolute atomic E-state index is 6.49. The lowest BCUT2D eigenvalue weighted by Gasteiger charge is -2.11. The molecule has 0 spiro atoms. The summed E-state index contributed by atoms with van der Waals surface area (Å²) in [7, 11) is 0. The predicted octanol–water partition coefficient (Wildman–Crippen LogP) is 15.2. The molecular formula is C57H36N4O2. The second-order valence-corrected chi connectivity index (χ2v) is 15.6. The quantitative estimate of drug-likeness (QED) is 0.153. The van der Waals surface area contributed by atoms with E-state index in [2.05, 4.69) is 115 Å². The monoisotopic (exact) mass is 808 g/mol. The summed E-state index contributed by atoms with van der Waals surface area (Å²) < 4.78 is 15.1. The number of benzene rings is 8. The van der Waals surface area contributed by atoms with Crippen molar-refractivity contribution < 1.29 is 8.83 Å². The molecule has 0 saturated heterocycles. The Morgan fingerprint density at radius 3 is 1.73 bits per heavy atom. The van der Waals surface area contributed by atoms with E-state index in [1.807, 2.05) is 97.1 Å². The topological polar surface area (TPSA) is 69.9 Å². The molecule has 8 aromatic carbocycles. The lowest BCUT2D eigenvalue weighted by Crippen LogP contribution is -2.00. The van der Waals surface area contributed by atoms with E-state index in [0.29, 0.717) is 17.5 Å². The van der Waals surface area contributed by atoms with E-state index in [9.17, 15) is 0 Å². The average Bonchev–Trinajstić information content (AvgIpc) is 4.03. The fraction of sp³-hybridized carbons (Fsp3) is 0. The van der Waals surface area contributed by atoms with Crippen LogP contribution in [0, 0.1) is 0 Å². The van der Waals surface area contributed by atoms with Crippen LogP contribution in [0.3, 0.4) is 0 Å². The summed E-state index contributed by atoms with van der Waals surface area (Å²) >= 11 is 0. The number of rotatable bonds is 8. The minimum atomic E-state index is 0.580. The predicted molar refractivity (Wildman–Crippen MR) is 259 cm³/mol. The molecule has 0 unspecified atom stereocenters. The highest BCUT2D eigenvalue weighted by Crippen LogP contribution is 2.41. The zero-order chi connectivity index (χ0) is 42.0. The molecule has 0 atom stereocenters. The van der Waals surface area contributed by atoms with Gasteiger partial charge in [-0.2, -0.15) is 0 Å². The summed E-state index contributed by atoms with van der Waals surface area (Å²) in [6.45, 7) is 8.51. The van der Waals surface area contributed by atoms with Crippen LogP contribution >= 0.6 is 0 Å². The van der Waals surface area contributed by atoms with Crippen LogP contribution in [0.25, 0.3) is 129 Å². The van der Waals surface area contributed by atoms with Crippen molar-refractivity contribution >= 4 is 66.9 Å². The Kier molecular flexibility index (Phi) is 8.37. The highest BCUT2D eigenvalue weighted by atomic mass is 16.3. The van der Waals surface area contributed by atoms with E-state index in [-0.39, 0.29) is 0 Å². The molecule has 0 saturated carbocycles. The third kappa shape index (κ3) is 5.92. The first-order valence-electron chi connectivity index (χ1n) is 20.9. The molecule has 6 heteroatoms. The minimum Gasteiger partial charge on any atom is -0.456 e. The SMILES string of the molecule is C=Cc1c(C=C)n(-c2ccc(-c3cccc4c3oc3ccccc34)cc2)c2ccc(-c3ccc4oc5cccc(-c6nc(-c7ccccc7)nc(-c7ccccc7)n6)c5c4c3)cc12. The van der Waals surface area contributed by atoms with Crippen molar-refractivity contribution in [1.82, 2.24) is 19.5 Å². The first kappa shape index (κ1) is 36.3. The van der Waals surface area contributed by atoms with Crippen LogP contribution < -0.4 is 0 Å². The lowest BCUT2D eigenvalue weighted by molar-refractivity contribution is 0.669. The van der Waals surface area contributed by atoms with Crippen molar-refractivity contribution in [2.75, 3.05) is 0 Å². The molecule has 4 aromatic heterocycles. The van der Waals surface area contributed by atoms with Gasteiger partial charge in [0.15, 0.2) is 17.5 Å². The van der Waals surface area contributed by atoms with Gasteiger partial charge in [0.1, 0.15) is 22.3 Å². The molecule has 296 valence electrons. The Balaban J connectivity index is 0.962. The van der Waals surface area contributed by atoms with Gasteiger partial charge in [0, 0.05) is 60.4 Å². The molecule has 0 aliphatic rings. The molecule has 0 radical (unpaired) electrons. The first-order valence-corrected chi connectivity index (χ1v) is 20.9. The molecule has 6 nitrogen and oxygen atoms in total. The second kappa shape index (κ2) is 14.5. The van der Waals surface area contributed by atoms with E-state index in [4.69, 9.17) is 23.8 Å². The van der Waals surface area contributed by atoms with E-state index in [0.717, 1.165) is 111 Å². The van der Waals surface area contributed by atoms with Gasteiger partial charge in [-0.3, -0.25) is 0 Å². The molecule has 12 aromatic rings. The average molecular weight is 809 g/mol. The molecule has 0 aliphatic heterocycles. The number of para-hydroxylation sites is 2. The zero-order valence-corrected chi connectivity index (χ0v) is 34.0. The van der Waals surface area contributed by atoms with Crippen molar-refractivity contribution in [1.29, 1.82) is 0 Å². The van der Waals surface area contributed by atoms with Crippen molar-refractivity contribution in [2.24, 2.45) is 0 Å². The summed E-state index contributed by atoms with van der Waals surface area (Å²) in [6, 6.07) is 62.4. The minimum absolute atomic E-state index is 0.580. The largest absolute Gasteiger partial charge is 0.456 e. The Bertz CT molecular complexity index is 3710. The van der Waals surface area contributed by atoms with Gasteiger partial charge >= 0.3 is 0 Å². The summed E-state index contributed by atoms with van der Waals surface area (Å²) in [5.41, 5.74) is 14.4. The number of fused-ring (bicyclic) bond motifs is 7. The van der Waals surface area contributed by atoms with E-state index < -0.39 is 0 Å². The molecule has 12 rings (SSSR count). The third-order valence-corrected chi connectivity index (χ3v) is 12.1. The second-order valence-electron chi connectivity index (χ2n) is 15.6. The summed E-state index contributed by atoms with van der Waals surface area (Å²) in [6.07, 6.45) is 3.84. The number of furan rings is 2. The Morgan fingerprint density at radius 1 is 0.413 bits per heavy atom. The molecule has 0 aliphatic carbocycles. The lowest BCUT2D eigenvalue weighted by atomic mass is 9.98. The van der Waals surface area contributed by atoms with Gasteiger partial charge in [0.2, 0.25) is 0 Å². The molecule has 0 fully saturated rings. The standard InChI is InChI=1S/C57H36N4O2/c1-3-41-46-33-38(27-31-49(46)61(48(41)4-2)40-29-25-35(26-30-40)42-20-13-21-44-43-19-11-12-23-50(43)63-54(42)44)39-28-32-51-47(34-39)53-45(22-14-24-52(53)62-51)57-59-55(36-15-7-5-8-16-36)58-56(60-57)37-17-9-6-10-18-37/h3-34H,1-2H2. The van der Waals surface area contributed by atoms with Crippen molar-refractivity contribution in [3.05, 3.63) is 206 Å². The van der Waals surface area contributed by atoms with Crippen LogP contribution in [0.15, 0.2) is 204 Å². The van der Waals surface area contributed by atoms with E-state index in [1.54, 1.807) is 0 Å². The van der Waals surface area contributed by atoms with Crippen LogP contribution in [-0.2, 0) is 0 Å². The van der Waals surface area contributed by atoms with Crippen LogP contribution in [0.5, 0.6) is 0 Å². The van der Waals surface area contributed by atoms with Crippen LogP contribution in [0.1, 0.15) is 11.3 Å². The number of nitrogens with zero attached hydrogens (tertiary/aromatic N) is 4. The smallest absolute Gasteiger partial charge is 0.164 e. The number of hydrogen-bond acceptors (Lipinski definition) is 5. The first-order chi connectivity index (χ1) is 31.1. The molecule has 0 amide bonds.